The molecule has 1 N–H and O–H groups in total. The molecular weight excluding hydrogens is 260 g/mol. The maximum absolute atomic E-state index is 12.2. The molecule has 2 bridgehead atoms. The summed E-state index contributed by atoms with van der Waals surface area (Å²) in [4.78, 5) is 30.3. The summed E-state index contributed by atoms with van der Waals surface area (Å²) >= 11 is 0. The molecular formula is C14H16N2O4. The number of piperidine rings is 1. The number of rotatable bonds is 4. The molecule has 0 aromatic heterocycles. The Morgan fingerprint density at radius 2 is 2.05 bits per heavy atom. The third kappa shape index (κ3) is 2.22. The van der Waals surface area contributed by atoms with Crippen LogP contribution in [0.2, 0.25) is 0 Å². The van der Waals surface area contributed by atoms with Crippen molar-refractivity contribution in [2.24, 2.45) is 0 Å². The Balaban J connectivity index is 1.67. The molecule has 1 aromatic rings. The number of fused-ring (bicyclic) bond motifs is 2. The van der Waals surface area contributed by atoms with E-state index < -0.39 is 12.0 Å². The smallest absolute Gasteiger partial charge is 0.345 e. The fourth-order valence-corrected chi connectivity index (χ4v) is 2.77. The zero-order chi connectivity index (χ0) is 14.1. The maximum atomic E-state index is 12.2. The number of carboxylic acid groups (broad SMARTS) is 1. The van der Waals surface area contributed by atoms with Crippen LogP contribution in [-0.4, -0.2) is 45.7 Å². The second kappa shape index (κ2) is 5.13. The van der Waals surface area contributed by atoms with Gasteiger partial charge in [-0.15, -0.1) is 0 Å². The third-order valence-electron chi connectivity index (χ3n) is 3.82. The Labute approximate surface area is 116 Å². The zero-order valence-corrected chi connectivity index (χ0v) is 10.9. The van der Waals surface area contributed by atoms with Crippen LogP contribution in [0.3, 0.4) is 0 Å². The number of nitrogens with zero attached hydrogens (tertiary/aromatic N) is 2. The number of carboxylic acids is 1. The Morgan fingerprint density at radius 3 is 2.75 bits per heavy atom. The summed E-state index contributed by atoms with van der Waals surface area (Å²) in [7, 11) is 0. The molecule has 6 nitrogen and oxygen atoms in total. The van der Waals surface area contributed by atoms with Gasteiger partial charge in [0.05, 0.1) is 6.04 Å². The van der Waals surface area contributed by atoms with Gasteiger partial charge in [-0.25, -0.2) is 9.59 Å². The maximum Gasteiger partial charge on any atom is 0.345 e. The number of hydrogen-bond donors (Lipinski definition) is 1. The summed E-state index contributed by atoms with van der Waals surface area (Å²) < 4.78 is 0. The Bertz CT molecular complexity index is 519. The minimum Gasteiger partial charge on any atom is -0.480 e. The minimum absolute atomic E-state index is 0.0400. The van der Waals surface area contributed by atoms with Crippen LogP contribution in [0.15, 0.2) is 30.3 Å². The summed E-state index contributed by atoms with van der Waals surface area (Å²) in [5.74, 6) is -0.943. The molecule has 2 atom stereocenters. The molecule has 2 fully saturated rings. The molecule has 0 radical (unpaired) electrons. The Hall–Kier alpha value is -2.08. The van der Waals surface area contributed by atoms with E-state index in [1.807, 2.05) is 30.3 Å². The molecule has 2 amide bonds. The van der Waals surface area contributed by atoms with Gasteiger partial charge in [0.15, 0.2) is 0 Å². The van der Waals surface area contributed by atoms with Crippen molar-refractivity contribution in [1.82, 2.24) is 9.96 Å². The van der Waals surface area contributed by atoms with Gasteiger partial charge in [-0.1, -0.05) is 30.3 Å². The lowest BCUT2D eigenvalue weighted by molar-refractivity contribution is -0.143. The van der Waals surface area contributed by atoms with Gasteiger partial charge in [0, 0.05) is 6.54 Å². The monoisotopic (exact) mass is 276 g/mol. The Kier molecular flexibility index (Phi) is 3.31. The quantitative estimate of drug-likeness (QED) is 0.904. The molecule has 1 unspecified atom stereocenters. The summed E-state index contributed by atoms with van der Waals surface area (Å²) in [5, 5.41) is 10.5. The van der Waals surface area contributed by atoms with E-state index in [1.165, 1.54) is 9.96 Å². The summed E-state index contributed by atoms with van der Waals surface area (Å²) in [6.07, 6.45) is 1.14. The van der Waals surface area contributed by atoms with E-state index in [9.17, 15) is 9.59 Å². The zero-order valence-electron chi connectivity index (χ0n) is 10.9. The number of amides is 2. The van der Waals surface area contributed by atoms with Crippen LogP contribution in [0.1, 0.15) is 18.4 Å². The molecule has 2 aliphatic heterocycles. The minimum atomic E-state index is -0.943. The number of benzene rings is 1. The Morgan fingerprint density at radius 1 is 1.30 bits per heavy atom. The van der Waals surface area contributed by atoms with Gasteiger partial charge < -0.3 is 10.0 Å². The van der Waals surface area contributed by atoms with Gasteiger partial charge in [0.25, 0.3) is 0 Å². The van der Waals surface area contributed by atoms with Gasteiger partial charge in [-0.3, -0.25) is 4.84 Å². The summed E-state index contributed by atoms with van der Waals surface area (Å²) in [6, 6.07) is 8.49. The largest absolute Gasteiger partial charge is 0.480 e. The van der Waals surface area contributed by atoms with Crippen molar-refractivity contribution in [3.63, 3.8) is 0 Å². The van der Waals surface area contributed by atoms with E-state index in [4.69, 9.17) is 9.94 Å². The second-order valence-electron chi connectivity index (χ2n) is 5.10. The first-order valence-electron chi connectivity index (χ1n) is 6.66. The van der Waals surface area contributed by atoms with Crippen molar-refractivity contribution < 1.29 is 19.5 Å². The fourth-order valence-electron chi connectivity index (χ4n) is 2.77. The highest BCUT2D eigenvalue weighted by molar-refractivity contribution is 5.84. The lowest BCUT2D eigenvalue weighted by Crippen LogP contribution is -2.44. The molecule has 1 aromatic carbocycles. The van der Waals surface area contributed by atoms with Crippen molar-refractivity contribution >= 4 is 12.0 Å². The van der Waals surface area contributed by atoms with Crippen LogP contribution in [0.5, 0.6) is 0 Å². The molecule has 2 saturated heterocycles. The van der Waals surface area contributed by atoms with E-state index in [0.29, 0.717) is 26.0 Å². The van der Waals surface area contributed by atoms with Crippen molar-refractivity contribution in [2.75, 3.05) is 6.54 Å². The highest BCUT2D eigenvalue weighted by Gasteiger charge is 2.47. The van der Waals surface area contributed by atoms with Gasteiger partial charge in [0.2, 0.25) is 0 Å². The molecule has 3 rings (SSSR count). The first-order chi connectivity index (χ1) is 9.66. The van der Waals surface area contributed by atoms with Crippen molar-refractivity contribution in [1.29, 1.82) is 0 Å². The van der Waals surface area contributed by atoms with E-state index in [2.05, 4.69) is 0 Å². The standard InChI is InChI=1S/C14H16N2O4/c17-13(18)12-7-6-11-8-15(12)14(19)16(11)20-9-10-4-2-1-3-5-10/h1-5,11-12H,6-9H2,(H,17,18)/t11?,12-/m1/s1. The van der Waals surface area contributed by atoms with Gasteiger partial charge in [0.1, 0.15) is 12.6 Å². The molecule has 2 aliphatic rings. The lowest BCUT2D eigenvalue weighted by atomic mass is 10.0. The van der Waals surface area contributed by atoms with Crippen molar-refractivity contribution in [3.05, 3.63) is 35.9 Å². The number of carbonyl (C=O) groups excluding carboxylic acids is 1. The van der Waals surface area contributed by atoms with Gasteiger partial charge in [-0.05, 0) is 18.4 Å². The average molecular weight is 276 g/mol. The van der Waals surface area contributed by atoms with Gasteiger partial charge >= 0.3 is 12.0 Å². The fraction of sp³-hybridized carbons (Fsp3) is 0.429. The predicted molar refractivity (Wildman–Crippen MR) is 69.6 cm³/mol. The number of hydroxylamine groups is 2. The van der Waals surface area contributed by atoms with E-state index >= 15 is 0 Å². The first-order valence-corrected chi connectivity index (χ1v) is 6.66. The van der Waals surface area contributed by atoms with Crippen LogP contribution in [0, 0.1) is 0 Å². The number of aliphatic carboxylic acids is 1. The molecule has 6 heteroatoms. The van der Waals surface area contributed by atoms with Crippen LogP contribution >= 0.6 is 0 Å². The van der Waals surface area contributed by atoms with Crippen LogP contribution < -0.4 is 0 Å². The van der Waals surface area contributed by atoms with Crippen LogP contribution in [0.4, 0.5) is 4.79 Å². The van der Waals surface area contributed by atoms with E-state index in [1.54, 1.807) is 0 Å². The summed E-state index contributed by atoms with van der Waals surface area (Å²) in [6.45, 7) is 0.749. The highest BCUT2D eigenvalue weighted by atomic mass is 16.7. The third-order valence-corrected chi connectivity index (χ3v) is 3.82. The molecule has 2 heterocycles. The van der Waals surface area contributed by atoms with Crippen LogP contribution in [-0.2, 0) is 16.2 Å². The second-order valence-corrected chi connectivity index (χ2v) is 5.10. The lowest BCUT2D eigenvalue weighted by Gasteiger charge is -2.26. The number of hydrogen-bond acceptors (Lipinski definition) is 3. The van der Waals surface area contributed by atoms with Gasteiger partial charge in [-0.2, -0.15) is 5.06 Å². The average Bonchev–Trinajstić information content (AvgIpc) is 2.70. The SMILES string of the molecule is O=C(O)[C@H]1CCC2CN1C(=O)N2OCc1ccccc1. The normalized spacial score (nSPS) is 25.1. The van der Waals surface area contributed by atoms with E-state index in [0.717, 1.165) is 5.56 Å². The summed E-state index contributed by atoms with van der Waals surface area (Å²) in [5.41, 5.74) is 0.978. The highest BCUT2D eigenvalue weighted by Crippen LogP contribution is 2.30. The molecule has 0 spiro atoms. The molecule has 0 aliphatic carbocycles. The molecule has 0 saturated carbocycles. The van der Waals surface area contributed by atoms with Crippen LogP contribution in [0.25, 0.3) is 0 Å². The van der Waals surface area contributed by atoms with Crippen molar-refractivity contribution in [2.45, 2.75) is 31.5 Å². The number of carbonyl (C=O) groups is 2. The first kappa shape index (κ1) is 12.9. The van der Waals surface area contributed by atoms with E-state index in [-0.39, 0.29) is 12.1 Å². The topological polar surface area (TPSA) is 70.1 Å². The molecule has 106 valence electrons. The van der Waals surface area contributed by atoms with Crippen molar-refractivity contribution in [3.8, 4) is 0 Å². The number of urea groups is 1. The predicted octanol–water partition coefficient (Wildman–Crippen LogP) is 1.47. The molecule has 20 heavy (non-hydrogen) atoms.